The maximum absolute atomic E-state index is 15.5. The third-order valence-electron chi connectivity index (χ3n) is 7.89. The van der Waals surface area contributed by atoms with Gasteiger partial charge in [-0.25, -0.2) is 18.7 Å². The normalized spacial score (nSPS) is 27.1. The number of nitrogens with zero attached hydrogens (tertiary/aromatic N) is 4. The first kappa shape index (κ1) is 25.9. The molecule has 2 saturated heterocycles. The molecule has 8 nitrogen and oxygen atoms in total. The number of primary amides is 1. The molecular weight excluding hydrogens is 461 g/mol. The van der Waals surface area contributed by atoms with E-state index in [9.17, 15) is 13.6 Å². The molecular formula is C24H37F3N6O2. The molecule has 3 aliphatic rings. The minimum absolute atomic E-state index is 0.0954. The summed E-state index contributed by atoms with van der Waals surface area (Å²) in [4.78, 5) is 23.5. The first-order valence-corrected chi connectivity index (χ1v) is 12.7. The highest BCUT2D eigenvalue weighted by Crippen LogP contribution is 2.41. The zero-order valence-corrected chi connectivity index (χ0v) is 20.4. The Morgan fingerprint density at radius 3 is 2.54 bits per heavy atom. The van der Waals surface area contributed by atoms with Crippen molar-refractivity contribution >= 4 is 17.5 Å². The van der Waals surface area contributed by atoms with Crippen LogP contribution in [0.4, 0.5) is 24.8 Å². The lowest BCUT2D eigenvalue weighted by Gasteiger charge is -2.43. The molecule has 11 heteroatoms. The van der Waals surface area contributed by atoms with Gasteiger partial charge in [0, 0.05) is 19.0 Å². The molecule has 2 aliphatic heterocycles. The third kappa shape index (κ3) is 6.55. The molecule has 0 radical (unpaired) electrons. The number of nitrogens with one attached hydrogen (secondary N) is 1. The van der Waals surface area contributed by atoms with Gasteiger partial charge in [-0.2, -0.15) is 4.39 Å². The van der Waals surface area contributed by atoms with E-state index in [1.807, 2.05) is 9.80 Å². The predicted octanol–water partition coefficient (Wildman–Crippen LogP) is 2.89. The smallest absolute Gasteiger partial charge is 0.248 e. The largest absolute Gasteiger partial charge is 0.377 e. The zero-order chi connectivity index (χ0) is 25.0. The minimum Gasteiger partial charge on any atom is -0.377 e. The number of hydrogen-bond donors (Lipinski definition) is 2. The molecule has 1 saturated carbocycles. The number of carbonyl (C=O) groups is 1. The molecule has 0 spiro atoms. The first-order chi connectivity index (χ1) is 16.7. The van der Waals surface area contributed by atoms with Gasteiger partial charge in [0.1, 0.15) is 6.33 Å². The molecule has 0 aromatic carbocycles. The Kier molecular flexibility index (Phi) is 8.36. The van der Waals surface area contributed by atoms with Crippen LogP contribution in [0.25, 0.3) is 0 Å². The van der Waals surface area contributed by atoms with Crippen molar-refractivity contribution in [2.45, 2.75) is 57.4 Å². The molecule has 1 atom stereocenters. The number of carbonyl (C=O) groups excluding carboxylic acids is 1. The standard InChI is InChI=1S/C24H37F3N6O2/c1-24(26,27)18-4-2-17(3-5-18)19-14-35-11-10-33(19)23-21(25)22(30-15-31-23)29-12-16-6-8-32(9-7-16)13-20(28)34/h15-19H,2-14H2,1H3,(H2,28,34)(H,29,30,31)/t17?,18?,19-/m1/s1. The van der Waals surface area contributed by atoms with Gasteiger partial charge in [-0.3, -0.25) is 9.69 Å². The Morgan fingerprint density at radius 2 is 1.89 bits per heavy atom. The second kappa shape index (κ2) is 11.3. The van der Waals surface area contributed by atoms with Gasteiger partial charge in [0.2, 0.25) is 17.6 Å². The van der Waals surface area contributed by atoms with Crippen LogP contribution in [0.2, 0.25) is 0 Å². The van der Waals surface area contributed by atoms with Crippen molar-refractivity contribution in [3.05, 3.63) is 12.1 Å². The maximum atomic E-state index is 15.5. The van der Waals surface area contributed by atoms with Gasteiger partial charge in [0.25, 0.3) is 0 Å². The minimum atomic E-state index is -2.66. The van der Waals surface area contributed by atoms with Crippen molar-refractivity contribution < 1.29 is 22.7 Å². The Hall–Kier alpha value is -2.14. The van der Waals surface area contributed by atoms with E-state index in [4.69, 9.17) is 10.5 Å². The first-order valence-electron chi connectivity index (χ1n) is 12.7. The molecule has 1 amide bonds. The van der Waals surface area contributed by atoms with E-state index in [1.54, 1.807) is 0 Å². The molecule has 3 heterocycles. The second-order valence-electron chi connectivity index (χ2n) is 10.3. The van der Waals surface area contributed by atoms with Crippen LogP contribution >= 0.6 is 0 Å². The van der Waals surface area contributed by atoms with Crippen molar-refractivity contribution in [2.75, 3.05) is 56.2 Å². The molecule has 3 fully saturated rings. The lowest BCUT2D eigenvalue weighted by atomic mass is 9.76. The van der Waals surface area contributed by atoms with Crippen molar-refractivity contribution in [2.24, 2.45) is 23.5 Å². The number of ether oxygens (including phenoxy) is 1. The summed E-state index contributed by atoms with van der Waals surface area (Å²) in [7, 11) is 0. The average Bonchev–Trinajstić information content (AvgIpc) is 2.84. The number of piperidine rings is 1. The van der Waals surface area contributed by atoms with Gasteiger partial charge in [0.05, 0.1) is 25.8 Å². The molecule has 1 aliphatic carbocycles. The van der Waals surface area contributed by atoms with Gasteiger partial charge in [-0.05, 0) is 70.4 Å². The quantitative estimate of drug-likeness (QED) is 0.569. The van der Waals surface area contributed by atoms with Gasteiger partial charge in [-0.1, -0.05) is 0 Å². The van der Waals surface area contributed by atoms with Crippen molar-refractivity contribution in [1.29, 1.82) is 0 Å². The van der Waals surface area contributed by atoms with Crippen molar-refractivity contribution in [3.8, 4) is 0 Å². The van der Waals surface area contributed by atoms with Crippen molar-refractivity contribution in [1.82, 2.24) is 14.9 Å². The second-order valence-corrected chi connectivity index (χ2v) is 10.3. The van der Waals surface area contributed by atoms with Crippen LogP contribution in [0.15, 0.2) is 6.33 Å². The molecule has 1 aromatic heterocycles. The van der Waals surface area contributed by atoms with Crippen molar-refractivity contribution in [3.63, 3.8) is 0 Å². The summed E-state index contributed by atoms with van der Waals surface area (Å²) in [6.07, 6.45) is 5.44. The van der Waals surface area contributed by atoms with Crippen LogP contribution in [0.3, 0.4) is 0 Å². The van der Waals surface area contributed by atoms with Gasteiger partial charge in [-0.15, -0.1) is 0 Å². The number of morpholine rings is 1. The van der Waals surface area contributed by atoms with Crippen LogP contribution < -0.4 is 16.0 Å². The summed E-state index contributed by atoms with van der Waals surface area (Å²) in [6.45, 7) is 4.84. The third-order valence-corrected chi connectivity index (χ3v) is 7.89. The fourth-order valence-corrected chi connectivity index (χ4v) is 5.78. The van der Waals surface area contributed by atoms with E-state index in [0.717, 1.165) is 32.9 Å². The molecule has 1 aromatic rings. The monoisotopic (exact) mass is 498 g/mol. The van der Waals surface area contributed by atoms with E-state index in [2.05, 4.69) is 15.3 Å². The number of anilines is 2. The van der Waals surface area contributed by atoms with Gasteiger partial charge in [0.15, 0.2) is 11.6 Å². The number of aromatic nitrogens is 2. The molecule has 4 rings (SSSR count). The zero-order valence-electron chi connectivity index (χ0n) is 20.4. The fraction of sp³-hybridized carbons (Fsp3) is 0.792. The predicted molar refractivity (Wildman–Crippen MR) is 127 cm³/mol. The van der Waals surface area contributed by atoms with Crippen LogP contribution in [0, 0.1) is 23.6 Å². The number of halogens is 3. The Labute approximate surface area is 204 Å². The highest BCUT2D eigenvalue weighted by atomic mass is 19.3. The Morgan fingerprint density at radius 1 is 1.17 bits per heavy atom. The summed E-state index contributed by atoms with van der Waals surface area (Å²) in [5.41, 5.74) is 5.27. The fourth-order valence-electron chi connectivity index (χ4n) is 5.78. The van der Waals surface area contributed by atoms with Crippen LogP contribution in [-0.4, -0.2) is 78.7 Å². The Balaban J connectivity index is 1.37. The summed E-state index contributed by atoms with van der Waals surface area (Å²) in [5, 5.41) is 3.16. The van der Waals surface area contributed by atoms with E-state index in [-0.39, 0.29) is 36.0 Å². The number of alkyl halides is 2. The SMILES string of the molecule is CC(F)(F)C1CCC([C@H]2COCCN2c2ncnc(NCC3CCN(CC(N)=O)CC3)c2F)CC1. The lowest BCUT2D eigenvalue weighted by Crippen LogP contribution is -2.51. The van der Waals surface area contributed by atoms with E-state index in [0.29, 0.717) is 57.9 Å². The van der Waals surface area contributed by atoms with E-state index >= 15 is 4.39 Å². The van der Waals surface area contributed by atoms with Gasteiger partial charge < -0.3 is 20.7 Å². The molecule has 3 N–H and O–H groups in total. The molecule has 196 valence electrons. The number of likely N-dealkylation sites (tertiary alicyclic amines) is 1. The number of hydrogen-bond acceptors (Lipinski definition) is 7. The van der Waals surface area contributed by atoms with Crippen LogP contribution in [0.1, 0.15) is 45.4 Å². The number of rotatable bonds is 8. The maximum Gasteiger partial charge on any atom is 0.248 e. The lowest BCUT2D eigenvalue weighted by molar-refractivity contribution is -0.119. The summed E-state index contributed by atoms with van der Waals surface area (Å²) >= 11 is 0. The Bertz CT molecular complexity index is 854. The van der Waals surface area contributed by atoms with Gasteiger partial charge >= 0.3 is 0 Å². The number of nitrogens with two attached hydrogens (primary N) is 1. The molecule has 0 bridgehead atoms. The topological polar surface area (TPSA) is 96.6 Å². The summed E-state index contributed by atoms with van der Waals surface area (Å²) in [6, 6.07) is -0.0954. The average molecular weight is 499 g/mol. The summed E-state index contributed by atoms with van der Waals surface area (Å²) in [5.74, 6) is -3.14. The number of amides is 1. The molecule has 35 heavy (non-hydrogen) atoms. The van der Waals surface area contributed by atoms with E-state index < -0.39 is 17.7 Å². The van der Waals surface area contributed by atoms with Crippen LogP contribution in [-0.2, 0) is 9.53 Å². The van der Waals surface area contributed by atoms with E-state index in [1.165, 1.54) is 6.33 Å². The summed E-state index contributed by atoms with van der Waals surface area (Å²) < 4.78 is 48.8. The highest BCUT2D eigenvalue weighted by Gasteiger charge is 2.41. The highest BCUT2D eigenvalue weighted by molar-refractivity contribution is 5.75. The van der Waals surface area contributed by atoms with Crippen LogP contribution in [0.5, 0.6) is 0 Å². The molecule has 0 unspecified atom stereocenters.